The predicted octanol–water partition coefficient (Wildman–Crippen LogP) is 3.03. The molecule has 5 heteroatoms. The summed E-state index contributed by atoms with van der Waals surface area (Å²) in [5.41, 5.74) is 0.620. The van der Waals surface area contributed by atoms with Crippen molar-refractivity contribution in [2.75, 3.05) is 5.32 Å². The third kappa shape index (κ3) is 2.29. The predicted molar refractivity (Wildman–Crippen MR) is 75.5 cm³/mol. The van der Waals surface area contributed by atoms with Crippen molar-refractivity contribution in [1.29, 1.82) is 0 Å². The van der Waals surface area contributed by atoms with E-state index in [0.717, 1.165) is 19.3 Å². The Labute approximate surface area is 122 Å². The summed E-state index contributed by atoms with van der Waals surface area (Å²) in [5.74, 6) is -1.61. The van der Waals surface area contributed by atoms with Gasteiger partial charge in [-0.15, -0.1) is 0 Å². The minimum absolute atomic E-state index is 0.160. The van der Waals surface area contributed by atoms with Crippen molar-refractivity contribution in [3.8, 4) is 0 Å². The van der Waals surface area contributed by atoms with Gasteiger partial charge in [-0.05, 0) is 49.3 Å². The smallest absolute Gasteiger partial charge is 0.307 e. The number of hydrogen-bond donors (Lipinski definition) is 2. The van der Waals surface area contributed by atoms with Crippen molar-refractivity contribution in [3.63, 3.8) is 0 Å². The topological polar surface area (TPSA) is 66.4 Å². The second-order valence-corrected chi connectivity index (χ2v) is 6.16. The highest BCUT2D eigenvalue weighted by Crippen LogP contribution is 2.52. The highest BCUT2D eigenvalue weighted by molar-refractivity contribution is 6.30. The molecule has 2 aliphatic rings. The monoisotopic (exact) mass is 293 g/mol. The number of hydrogen-bond acceptors (Lipinski definition) is 2. The van der Waals surface area contributed by atoms with E-state index in [4.69, 9.17) is 11.6 Å². The lowest BCUT2D eigenvalue weighted by Gasteiger charge is -2.27. The van der Waals surface area contributed by atoms with Crippen molar-refractivity contribution in [2.24, 2.45) is 23.7 Å². The van der Waals surface area contributed by atoms with E-state index in [1.54, 1.807) is 24.3 Å². The van der Waals surface area contributed by atoms with Gasteiger partial charge in [0.05, 0.1) is 11.8 Å². The number of carboxylic acids is 1. The summed E-state index contributed by atoms with van der Waals surface area (Å²) in [6.07, 6.45) is 2.76. The highest BCUT2D eigenvalue weighted by Gasteiger charge is 2.53. The Morgan fingerprint density at radius 2 is 1.90 bits per heavy atom. The van der Waals surface area contributed by atoms with Gasteiger partial charge in [0.15, 0.2) is 0 Å². The molecule has 0 radical (unpaired) electrons. The molecule has 2 bridgehead atoms. The number of rotatable bonds is 3. The first-order valence-corrected chi connectivity index (χ1v) is 7.23. The Morgan fingerprint density at radius 3 is 2.55 bits per heavy atom. The molecule has 0 heterocycles. The van der Waals surface area contributed by atoms with Crippen LogP contribution in [-0.4, -0.2) is 17.0 Å². The summed E-state index contributed by atoms with van der Waals surface area (Å²) in [5, 5.41) is 12.7. The third-order valence-electron chi connectivity index (χ3n) is 4.60. The second kappa shape index (κ2) is 5.09. The number of carbonyl (C=O) groups is 2. The van der Waals surface area contributed by atoms with Crippen molar-refractivity contribution in [2.45, 2.75) is 19.3 Å². The SMILES string of the molecule is O=C(O)[C@@H]1[C@H]2CC[C@@H](C2)[C@@H]1C(=O)Nc1cccc(Cl)c1. The fourth-order valence-corrected chi connectivity index (χ4v) is 4.01. The summed E-state index contributed by atoms with van der Waals surface area (Å²) in [4.78, 5) is 23.8. The summed E-state index contributed by atoms with van der Waals surface area (Å²) in [6.45, 7) is 0. The molecule has 4 nitrogen and oxygen atoms in total. The number of halogens is 1. The largest absolute Gasteiger partial charge is 0.481 e. The van der Waals surface area contributed by atoms with Gasteiger partial charge in [0.1, 0.15) is 0 Å². The molecule has 2 N–H and O–H groups in total. The first kappa shape index (κ1) is 13.4. The lowest BCUT2D eigenvalue weighted by Crippen LogP contribution is -2.37. The van der Waals surface area contributed by atoms with Gasteiger partial charge in [-0.3, -0.25) is 9.59 Å². The van der Waals surface area contributed by atoms with Crippen LogP contribution in [0.5, 0.6) is 0 Å². The van der Waals surface area contributed by atoms with Crippen LogP contribution in [0.15, 0.2) is 24.3 Å². The molecule has 20 heavy (non-hydrogen) atoms. The van der Waals surface area contributed by atoms with Gasteiger partial charge in [-0.2, -0.15) is 0 Å². The van der Waals surface area contributed by atoms with Crippen LogP contribution < -0.4 is 5.32 Å². The molecule has 3 rings (SSSR count). The zero-order valence-electron chi connectivity index (χ0n) is 10.9. The minimum Gasteiger partial charge on any atom is -0.481 e. The molecule has 1 aromatic rings. The fraction of sp³-hybridized carbons (Fsp3) is 0.467. The summed E-state index contributed by atoms with van der Waals surface area (Å²) in [7, 11) is 0. The number of aliphatic carboxylic acids is 1. The van der Waals surface area contributed by atoms with E-state index < -0.39 is 17.8 Å². The molecule has 4 atom stereocenters. The number of nitrogens with one attached hydrogen (secondary N) is 1. The number of carbonyl (C=O) groups excluding carboxylic acids is 1. The zero-order chi connectivity index (χ0) is 14.3. The van der Waals surface area contributed by atoms with Crippen LogP contribution in [0, 0.1) is 23.7 Å². The van der Waals surface area contributed by atoms with E-state index in [9.17, 15) is 14.7 Å². The highest BCUT2D eigenvalue weighted by atomic mass is 35.5. The third-order valence-corrected chi connectivity index (χ3v) is 4.83. The Hall–Kier alpha value is -1.55. The van der Waals surface area contributed by atoms with Crippen LogP contribution in [0.25, 0.3) is 0 Å². The van der Waals surface area contributed by atoms with E-state index in [1.165, 1.54) is 0 Å². The maximum absolute atomic E-state index is 12.4. The molecule has 2 aliphatic carbocycles. The number of fused-ring (bicyclic) bond motifs is 2. The lowest BCUT2D eigenvalue weighted by atomic mass is 9.78. The molecule has 0 spiro atoms. The van der Waals surface area contributed by atoms with Crippen LogP contribution in [0.1, 0.15) is 19.3 Å². The van der Waals surface area contributed by atoms with E-state index in [0.29, 0.717) is 10.7 Å². The molecular weight excluding hydrogens is 278 g/mol. The molecule has 1 aromatic carbocycles. The maximum Gasteiger partial charge on any atom is 0.307 e. The van der Waals surface area contributed by atoms with Crippen LogP contribution in [-0.2, 0) is 9.59 Å². The molecule has 0 saturated heterocycles. The average Bonchev–Trinajstić information content (AvgIpc) is 2.98. The van der Waals surface area contributed by atoms with Gasteiger partial charge in [-0.1, -0.05) is 17.7 Å². The van der Waals surface area contributed by atoms with Crippen molar-refractivity contribution in [1.82, 2.24) is 0 Å². The molecule has 1 amide bonds. The van der Waals surface area contributed by atoms with E-state index in [1.807, 2.05) is 0 Å². The van der Waals surface area contributed by atoms with Gasteiger partial charge in [0.2, 0.25) is 5.91 Å². The Balaban J connectivity index is 1.78. The summed E-state index contributed by atoms with van der Waals surface area (Å²) in [6, 6.07) is 6.91. The molecule has 2 saturated carbocycles. The van der Waals surface area contributed by atoms with Crippen LogP contribution in [0.4, 0.5) is 5.69 Å². The van der Waals surface area contributed by atoms with Crippen molar-refractivity contribution in [3.05, 3.63) is 29.3 Å². The normalized spacial score (nSPS) is 31.2. The van der Waals surface area contributed by atoms with Gasteiger partial charge in [0.25, 0.3) is 0 Å². The Bertz CT molecular complexity index is 560. The number of carboxylic acid groups (broad SMARTS) is 1. The van der Waals surface area contributed by atoms with Gasteiger partial charge in [0, 0.05) is 10.7 Å². The number of amides is 1. The first-order chi connectivity index (χ1) is 9.56. The first-order valence-electron chi connectivity index (χ1n) is 6.85. The Morgan fingerprint density at radius 1 is 1.20 bits per heavy atom. The second-order valence-electron chi connectivity index (χ2n) is 5.72. The molecule has 2 fully saturated rings. The fourth-order valence-electron chi connectivity index (χ4n) is 3.82. The molecular formula is C15H16ClNO3. The van der Waals surface area contributed by atoms with E-state index >= 15 is 0 Å². The molecule has 106 valence electrons. The minimum atomic E-state index is -0.844. The van der Waals surface area contributed by atoms with Crippen molar-refractivity contribution >= 4 is 29.2 Å². The average molecular weight is 294 g/mol. The number of anilines is 1. The van der Waals surface area contributed by atoms with Crippen LogP contribution in [0.3, 0.4) is 0 Å². The quantitative estimate of drug-likeness (QED) is 0.900. The van der Waals surface area contributed by atoms with Gasteiger partial charge in [-0.25, -0.2) is 0 Å². The van der Waals surface area contributed by atoms with E-state index in [2.05, 4.69) is 5.32 Å². The standard InChI is InChI=1S/C15H16ClNO3/c16-10-2-1-3-11(7-10)17-14(18)12-8-4-5-9(6-8)13(12)15(19)20/h1-3,7-9,12-13H,4-6H2,(H,17,18)(H,19,20)/t8-,9-,12-,13+/m0/s1. The van der Waals surface area contributed by atoms with Crippen LogP contribution >= 0.6 is 11.6 Å². The molecule has 0 unspecified atom stereocenters. The van der Waals surface area contributed by atoms with Crippen LogP contribution in [0.2, 0.25) is 5.02 Å². The summed E-state index contributed by atoms with van der Waals surface area (Å²) < 4.78 is 0. The van der Waals surface area contributed by atoms with Gasteiger partial charge < -0.3 is 10.4 Å². The van der Waals surface area contributed by atoms with E-state index in [-0.39, 0.29) is 17.7 Å². The van der Waals surface area contributed by atoms with Gasteiger partial charge >= 0.3 is 5.97 Å². The molecule has 0 aromatic heterocycles. The van der Waals surface area contributed by atoms with Crippen molar-refractivity contribution < 1.29 is 14.7 Å². The Kier molecular flexibility index (Phi) is 3.42. The molecule has 0 aliphatic heterocycles. The maximum atomic E-state index is 12.4. The lowest BCUT2D eigenvalue weighted by molar-refractivity contribution is -0.148. The summed E-state index contributed by atoms with van der Waals surface area (Å²) >= 11 is 5.88. The number of benzene rings is 1. The zero-order valence-corrected chi connectivity index (χ0v) is 11.6.